The number of aryl methyl sites for hydroxylation is 2. The molecule has 1 aliphatic carbocycles. The van der Waals surface area contributed by atoms with Gasteiger partial charge in [-0.3, -0.25) is 4.98 Å². The zero-order valence-corrected chi connectivity index (χ0v) is 16.1. The van der Waals surface area contributed by atoms with Crippen LogP contribution in [0.5, 0.6) is 0 Å². The average molecular weight is 420 g/mol. The molecular formula is C21H24BrClN2. The maximum atomic E-state index is 6.28. The first-order valence-electron chi connectivity index (χ1n) is 8.46. The quantitative estimate of drug-likeness (QED) is 0.539. The van der Waals surface area contributed by atoms with Crippen LogP contribution >= 0.6 is 27.5 Å². The summed E-state index contributed by atoms with van der Waals surface area (Å²) in [7, 11) is 2.20. The van der Waals surface area contributed by atoms with E-state index in [1.165, 1.54) is 40.8 Å². The minimum Gasteiger partial charge on any atom is -0.302 e. The van der Waals surface area contributed by atoms with Crippen LogP contribution in [-0.4, -0.2) is 30.0 Å². The summed E-state index contributed by atoms with van der Waals surface area (Å²) in [5, 5.41) is 0.818. The number of halogens is 2. The number of piperidine rings is 1. The molecule has 0 spiro atoms. The maximum absolute atomic E-state index is 6.28. The first kappa shape index (κ1) is 18.6. The first-order valence-corrected chi connectivity index (χ1v) is 9.63. The van der Waals surface area contributed by atoms with Crippen molar-refractivity contribution < 1.29 is 0 Å². The van der Waals surface area contributed by atoms with Crippen LogP contribution in [-0.2, 0) is 12.8 Å². The van der Waals surface area contributed by atoms with Gasteiger partial charge in [0.1, 0.15) is 0 Å². The fourth-order valence-electron chi connectivity index (χ4n) is 3.92. The van der Waals surface area contributed by atoms with E-state index in [9.17, 15) is 0 Å². The second kappa shape index (κ2) is 7.61. The van der Waals surface area contributed by atoms with Gasteiger partial charge in [0.15, 0.2) is 0 Å². The summed E-state index contributed by atoms with van der Waals surface area (Å²) in [6, 6.07) is 8.55. The molecule has 0 atom stereocenters. The zero-order chi connectivity index (χ0) is 16.7. The maximum Gasteiger partial charge on any atom is 0.0741 e. The Labute approximate surface area is 164 Å². The number of likely N-dealkylation sites (N-methyl/N-ethyl adjacent to an activating group) is 1. The lowest BCUT2D eigenvalue weighted by molar-refractivity contribution is 0.323. The Morgan fingerprint density at radius 1 is 1.12 bits per heavy atom. The summed E-state index contributed by atoms with van der Waals surface area (Å²) in [5.41, 5.74) is 7.99. The number of nitrogens with zero attached hydrogens (tertiary/aromatic N) is 2. The van der Waals surface area contributed by atoms with Gasteiger partial charge in [-0.25, -0.2) is 0 Å². The third-order valence-corrected chi connectivity index (χ3v) is 5.67. The van der Waals surface area contributed by atoms with E-state index in [1.807, 2.05) is 12.3 Å². The van der Waals surface area contributed by atoms with Crippen molar-refractivity contribution in [1.82, 2.24) is 9.88 Å². The van der Waals surface area contributed by atoms with Gasteiger partial charge in [-0.1, -0.05) is 25.1 Å². The molecule has 0 saturated carbocycles. The largest absolute Gasteiger partial charge is 0.302 e. The first-order chi connectivity index (χ1) is 11.6. The molecule has 1 fully saturated rings. The number of benzene rings is 1. The minimum atomic E-state index is 0. The van der Waals surface area contributed by atoms with Crippen molar-refractivity contribution in [2.75, 3.05) is 20.1 Å². The van der Waals surface area contributed by atoms with Crippen LogP contribution in [0.1, 0.15) is 42.7 Å². The molecule has 2 aliphatic rings. The second-order valence-electron chi connectivity index (χ2n) is 6.78. The van der Waals surface area contributed by atoms with Crippen molar-refractivity contribution in [3.63, 3.8) is 0 Å². The number of hydrogen-bond acceptors (Lipinski definition) is 2. The van der Waals surface area contributed by atoms with Gasteiger partial charge in [-0.15, -0.1) is 0 Å². The summed E-state index contributed by atoms with van der Waals surface area (Å²) in [5.74, 6) is 0. The molecule has 0 unspecified atom stereocenters. The van der Waals surface area contributed by atoms with E-state index >= 15 is 0 Å². The van der Waals surface area contributed by atoms with Gasteiger partial charge in [-0.2, -0.15) is 0 Å². The minimum absolute atomic E-state index is 0. The van der Waals surface area contributed by atoms with Gasteiger partial charge in [-0.05, 0) is 95.7 Å². The van der Waals surface area contributed by atoms with Crippen molar-refractivity contribution in [2.45, 2.75) is 33.1 Å². The van der Waals surface area contributed by atoms with E-state index in [-0.39, 0.29) is 7.43 Å². The van der Waals surface area contributed by atoms with Crippen molar-refractivity contribution in [3.05, 3.63) is 67.9 Å². The van der Waals surface area contributed by atoms with E-state index in [0.717, 1.165) is 41.0 Å². The molecule has 132 valence electrons. The predicted octanol–water partition coefficient (Wildman–Crippen LogP) is 5.76. The van der Waals surface area contributed by atoms with Crippen molar-refractivity contribution in [3.8, 4) is 0 Å². The predicted molar refractivity (Wildman–Crippen MR) is 110 cm³/mol. The van der Waals surface area contributed by atoms with Crippen LogP contribution in [0, 0.1) is 0 Å². The standard InChI is InChI=1S/C20H20BrClN2.CH4/c1-24-8-2-3-15(12-24)19-18-7-6-17(22)10-13(18)4-5-14-9-16(21)11-23-20(14)19;/h6-7,9-11H,2-5,8,12H2,1H3;1H4/b19-15-;. The Morgan fingerprint density at radius 2 is 1.92 bits per heavy atom. The number of rotatable bonds is 0. The molecule has 0 radical (unpaired) electrons. The summed E-state index contributed by atoms with van der Waals surface area (Å²) in [6.07, 6.45) is 6.30. The topological polar surface area (TPSA) is 16.1 Å². The highest BCUT2D eigenvalue weighted by atomic mass is 79.9. The third kappa shape index (κ3) is 3.69. The molecule has 0 bridgehead atoms. The van der Waals surface area contributed by atoms with Crippen LogP contribution in [0.4, 0.5) is 0 Å². The highest BCUT2D eigenvalue weighted by Gasteiger charge is 2.24. The van der Waals surface area contributed by atoms with E-state index in [0.29, 0.717) is 0 Å². The highest BCUT2D eigenvalue weighted by Crippen LogP contribution is 2.38. The molecule has 2 heterocycles. The smallest absolute Gasteiger partial charge is 0.0741 e. The molecule has 1 saturated heterocycles. The van der Waals surface area contributed by atoms with Crippen LogP contribution in [0.25, 0.3) is 5.57 Å². The van der Waals surface area contributed by atoms with Gasteiger partial charge >= 0.3 is 0 Å². The number of likely N-dealkylation sites (tertiary alicyclic amines) is 1. The zero-order valence-electron chi connectivity index (χ0n) is 13.8. The van der Waals surface area contributed by atoms with E-state index in [2.05, 4.69) is 46.1 Å². The van der Waals surface area contributed by atoms with Gasteiger partial charge in [0.05, 0.1) is 5.69 Å². The summed E-state index contributed by atoms with van der Waals surface area (Å²) in [6.45, 7) is 2.19. The normalized spacial score (nSPS) is 20.3. The van der Waals surface area contributed by atoms with Gasteiger partial charge in [0, 0.05) is 27.8 Å². The summed E-state index contributed by atoms with van der Waals surface area (Å²) >= 11 is 9.86. The molecule has 0 amide bonds. The molecule has 2 nitrogen and oxygen atoms in total. The van der Waals surface area contributed by atoms with Gasteiger partial charge in [0.25, 0.3) is 0 Å². The number of fused-ring (bicyclic) bond motifs is 2. The van der Waals surface area contributed by atoms with Crippen molar-refractivity contribution in [1.29, 1.82) is 0 Å². The van der Waals surface area contributed by atoms with Crippen LogP contribution in [0.15, 0.2) is 40.5 Å². The lowest BCUT2D eigenvalue weighted by Gasteiger charge is -2.27. The molecule has 4 rings (SSSR count). The fraction of sp³-hybridized carbons (Fsp3) is 0.381. The molecule has 0 N–H and O–H groups in total. The Kier molecular flexibility index (Phi) is 5.67. The molecule has 4 heteroatoms. The van der Waals surface area contributed by atoms with Crippen molar-refractivity contribution >= 4 is 33.1 Å². The van der Waals surface area contributed by atoms with Crippen molar-refractivity contribution in [2.24, 2.45) is 0 Å². The average Bonchev–Trinajstić information content (AvgIpc) is 2.71. The Hall–Kier alpha value is -1.16. The lowest BCUT2D eigenvalue weighted by Crippen LogP contribution is -2.28. The molecule has 1 aliphatic heterocycles. The molecular weight excluding hydrogens is 396 g/mol. The number of hydrogen-bond donors (Lipinski definition) is 0. The molecule has 2 aromatic rings. The van der Waals surface area contributed by atoms with E-state index in [4.69, 9.17) is 16.6 Å². The Bertz CT molecular complexity index is 773. The molecule has 1 aromatic heterocycles. The summed E-state index contributed by atoms with van der Waals surface area (Å²) < 4.78 is 1.05. The monoisotopic (exact) mass is 418 g/mol. The molecule has 1 aromatic carbocycles. The Morgan fingerprint density at radius 3 is 2.72 bits per heavy atom. The van der Waals surface area contributed by atoms with E-state index in [1.54, 1.807) is 0 Å². The number of pyridine rings is 1. The summed E-state index contributed by atoms with van der Waals surface area (Å²) in [4.78, 5) is 7.23. The molecule has 25 heavy (non-hydrogen) atoms. The van der Waals surface area contributed by atoms with Gasteiger partial charge < -0.3 is 4.90 Å². The fourth-order valence-corrected chi connectivity index (χ4v) is 4.49. The Balaban J connectivity index is 0.00000182. The van der Waals surface area contributed by atoms with E-state index < -0.39 is 0 Å². The highest BCUT2D eigenvalue weighted by molar-refractivity contribution is 9.10. The van der Waals surface area contributed by atoms with Crippen LogP contribution in [0.3, 0.4) is 0 Å². The second-order valence-corrected chi connectivity index (χ2v) is 8.13. The van der Waals surface area contributed by atoms with Crippen LogP contribution < -0.4 is 0 Å². The SMILES string of the molecule is C.CN1CCC/C(=C2\c3ccc(Cl)cc3CCc3cc(Br)cnc32)C1. The lowest BCUT2D eigenvalue weighted by atomic mass is 9.89. The third-order valence-electron chi connectivity index (χ3n) is 5.00. The van der Waals surface area contributed by atoms with Gasteiger partial charge in [0.2, 0.25) is 0 Å². The van der Waals surface area contributed by atoms with Crippen LogP contribution in [0.2, 0.25) is 5.02 Å². The number of aromatic nitrogens is 1.